The Kier molecular flexibility index (Phi) is 4.09. The van der Waals surface area contributed by atoms with E-state index in [1.54, 1.807) is 6.07 Å². The molecule has 0 saturated carbocycles. The molecule has 1 aliphatic rings. The Bertz CT molecular complexity index is 919. The van der Waals surface area contributed by atoms with Crippen LogP contribution in [-0.2, 0) is 0 Å². The molecular weight excluding hydrogens is 331 g/mol. The van der Waals surface area contributed by atoms with E-state index in [0.29, 0.717) is 18.0 Å². The zero-order valence-corrected chi connectivity index (χ0v) is 13.3. The Labute approximate surface area is 142 Å². The van der Waals surface area contributed by atoms with Crippen LogP contribution in [0.4, 0.5) is 13.2 Å². The average Bonchev–Trinajstić information content (AvgIpc) is 3.23. The summed E-state index contributed by atoms with van der Waals surface area (Å²) in [5, 5.41) is 7.61. The van der Waals surface area contributed by atoms with Gasteiger partial charge in [-0.1, -0.05) is 6.07 Å². The number of aromatic nitrogens is 2. The molecule has 0 aliphatic carbocycles. The lowest BCUT2D eigenvalue weighted by atomic mass is 10.1. The van der Waals surface area contributed by atoms with E-state index in [4.69, 9.17) is 4.74 Å². The summed E-state index contributed by atoms with van der Waals surface area (Å²) in [4.78, 5) is 0. The monoisotopic (exact) mass is 347 g/mol. The number of hydrogen-bond acceptors (Lipinski definition) is 3. The third kappa shape index (κ3) is 2.95. The average molecular weight is 347 g/mol. The molecule has 0 bridgehead atoms. The minimum Gasteiger partial charge on any atom is -0.476 e. The largest absolute Gasteiger partial charge is 0.476 e. The van der Waals surface area contributed by atoms with E-state index < -0.39 is 17.5 Å². The lowest BCUT2D eigenvalue weighted by Crippen LogP contribution is -2.15. The lowest BCUT2D eigenvalue weighted by Gasteiger charge is -2.08. The van der Waals surface area contributed by atoms with Crippen LogP contribution in [-0.4, -0.2) is 29.5 Å². The summed E-state index contributed by atoms with van der Waals surface area (Å²) in [6.45, 7) is 2.14. The zero-order chi connectivity index (χ0) is 17.4. The molecule has 1 aliphatic heterocycles. The van der Waals surface area contributed by atoms with E-state index in [1.165, 1.54) is 16.8 Å². The fraction of sp³-hybridized carbons (Fsp3) is 0.278. The van der Waals surface area contributed by atoms with Crippen LogP contribution in [0.1, 0.15) is 6.42 Å². The van der Waals surface area contributed by atoms with Crippen LogP contribution in [0.2, 0.25) is 0 Å². The third-order valence-electron chi connectivity index (χ3n) is 4.38. The number of ether oxygens (including phenoxy) is 1. The molecule has 0 radical (unpaired) electrons. The Morgan fingerprint density at radius 2 is 2.04 bits per heavy atom. The third-order valence-corrected chi connectivity index (χ3v) is 4.38. The molecule has 1 saturated heterocycles. The molecule has 0 amide bonds. The van der Waals surface area contributed by atoms with Gasteiger partial charge in [-0.05, 0) is 37.2 Å². The molecule has 1 fully saturated rings. The number of nitrogens with zero attached hydrogens (tertiary/aromatic N) is 2. The molecule has 1 aromatic heterocycles. The van der Waals surface area contributed by atoms with Crippen LogP contribution in [0.5, 0.6) is 5.88 Å². The Balaban J connectivity index is 1.79. The fourth-order valence-corrected chi connectivity index (χ4v) is 3.08. The first-order chi connectivity index (χ1) is 12.1. The van der Waals surface area contributed by atoms with Gasteiger partial charge in [0.05, 0.1) is 17.5 Å². The Morgan fingerprint density at radius 3 is 2.84 bits per heavy atom. The zero-order valence-electron chi connectivity index (χ0n) is 13.3. The van der Waals surface area contributed by atoms with Crippen molar-refractivity contribution in [2.45, 2.75) is 6.42 Å². The van der Waals surface area contributed by atoms with Crippen molar-refractivity contribution in [3.63, 3.8) is 0 Å². The quantitative estimate of drug-likeness (QED) is 0.786. The second-order valence-corrected chi connectivity index (χ2v) is 6.12. The smallest absolute Gasteiger partial charge is 0.244 e. The molecule has 2 heterocycles. The summed E-state index contributed by atoms with van der Waals surface area (Å²) in [5.74, 6) is -1.36. The number of hydrogen-bond donors (Lipinski definition) is 1. The van der Waals surface area contributed by atoms with Crippen LogP contribution in [0.15, 0.2) is 36.4 Å². The van der Waals surface area contributed by atoms with Gasteiger partial charge in [-0.15, -0.1) is 5.10 Å². The fourth-order valence-electron chi connectivity index (χ4n) is 3.08. The first-order valence-electron chi connectivity index (χ1n) is 8.09. The van der Waals surface area contributed by atoms with Gasteiger partial charge < -0.3 is 10.1 Å². The van der Waals surface area contributed by atoms with E-state index in [-0.39, 0.29) is 17.0 Å². The van der Waals surface area contributed by atoms with Gasteiger partial charge in [0, 0.05) is 18.5 Å². The maximum absolute atomic E-state index is 14.3. The molecule has 1 N–H and O–H groups in total. The molecular formula is C18H16F3N3O. The van der Waals surface area contributed by atoms with Gasteiger partial charge in [0.2, 0.25) is 5.88 Å². The second kappa shape index (κ2) is 6.40. The predicted molar refractivity (Wildman–Crippen MR) is 87.4 cm³/mol. The van der Waals surface area contributed by atoms with Gasteiger partial charge >= 0.3 is 0 Å². The molecule has 1 atom stereocenters. The van der Waals surface area contributed by atoms with Crippen molar-refractivity contribution in [3.8, 4) is 11.6 Å². The predicted octanol–water partition coefficient (Wildman–Crippen LogP) is 3.43. The van der Waals surface area contributed by atoms with Crippen molar-refractivity contribution >= 4 is 10.9 Å². The molecule has 2 aromatic carbocycles. The SMILES string of the molecule is Fc1ccc(F)c(-n2nc(OCC3CCNC3)c3c(F)cccc32)c1. The summed E-state index contributed by atoms with van der Waals surface area (Å²) in [7, 11) is 0. The maximum Gasteiger partial charge on any atom is 0.244 e. The van der Waals surface area contributed by atoms with Crippen molar-refractivity contribution in [3.05, 3.63) is 53.8 Å². The van der Waals surface area contributed by atoms with Gasteiger partial charge in [-0.3, -0.25) is 0 Å². The maximum atomic E-state index is 14.3. The number of rotatable bonds is 4. The van der Waals surface area contributed by atoms with E-state index in [9.17, 15) is 13.2 Å². The van der Waals surface area contributed by atoms with E-state index in [2.05, 4.69) is 10.4 Å². The number of halogens is 3. The van der Waals surface area contributed by atoms with Crippen LogP contribution >= 0.6 is 0 Å². The number of fused-ring (bicyclic) bond motifs is 1. The van der Waals surface area contributed by atoms with Crippen molar-refractivity contribution in [1.29, 1.82) is 0 Å². The first-order valence-corrected chi connectivity index (χ1v) is 8.09. The molecule has 25 heavy (non-hydrogen) atoms. The highest BCUT2D eigenvalue weighted by Crippen LogP contribution is 2.31. The second-order valence-electron chi connectivity index (χ2n) is 6.12. The highest BCUT2D eigenvalue weighted by Gasteiger charge is 2.21. The van der Waals surface area contributed by atoms with Gasteiger partial charge in [0.15, 0.2) is 0 Å². The van der Waals surface area contributed by atoms with E-state index in [1.807, 2.05) is 0 Å². The first kappa shape index (κ1) is 16.0. The van der Waals surface area contributed by atoms with Crippen LogP contribution in [0, 0.1) is 23.4 Å². The number of benzene rings is 2. The molecule has 4 nitrogen and oxygen atoms in total. The lowest BCUT2D eigenvalue weighted by molar-refractivity contribution is 0.251. The van der Waals surface area contributed by atoms with Gasteiger partial charge in [0.25, 0.3) is 0 Å². The van der Waals surface area contributed by atoms with Gasteiger partial charge in [-0.25, -0.2) is 17.9 Å². The summed E-state index contributed by atoms with van der Waals surface area (Å²) in [6, 6.07) is 7.45. The van der Waals surface area contributed by atoms with Crippen LogP contribution in [0.3, 0.4) is 0 Å². The normalized spacial score (nSPS) is 17.3. The Morgan fingerprint density at radius 1 is 1.16 bits per heavy atom. The van der Waals surface area contributed by atoms with Crippen molar-refractivity contribution in [1.82, 2.24) is 15.1 Å². The molecule has 1 unspecified atom stereocenters. The molecule has 3 aromatic rings. The standard InChI is InChI=1S/C18H16F3N3O/c19-12-4-5-13(20)16(8-12)24-15-3-1-2-14(21)17(15)18(23-24)25-10-11-6-7-22-9-11/h1-5,8,11,22H,6-7,9-10H2. The van der Waals surface area contributed by atoms with Crippen molar-refractivity contribution in [2.24, 2.45) is 5.92 Å². The summed E-state index contributed by atoms with van der Waals surface area (Å²) >= 11 is 0. The van der Waals surface area contributed by atoms with E-state index in [0.717, 1.165) is 37.7 Å². The van der Waals surface area contributed by atoms with Crippen LogP contribution in [0.25, 0.3) is 16.6 Å². The topological polar surface area (TPSA) is 39.1 Å². The molecule has 4 rings (SSSR count). The summed E-state index contributed by atoms with van der Waals surface area (Å²) < 4.78 is 49.0. The van der Waals surface area contributed by atoms with Crippen molar-refractivity contribution in [2.75, 3.05) is 19.7 Å². The molecule has 0 spiro atoms. The van der Waals surface area contributed by atoms with Gasteiger partial charge in [0.1, 0.15) is 23.1 Å². The van der Waals surface area contributed by atoms with Crippen molar-refractivity contribution < 1.29 is 17.9 Å². The minimum absolute atomic E-state index is 0.0867. The number of nitrogens with one attached hydrogen (secondary N) is 1. The minimum atomic E-state index is -0.651. The summed E-state index contributed by atoms with van der Waals surface area (Å²) in [6.07, 6.45) is 0.972. The van der Waals surface area contributed by atoms with Gasteiger partial charge in [-0.2, -0.15) is 0 Å². The summed E-state index contributed by atoms with van der Waals surface area (Å²) in [5.41, 5.74) is 0.233. The molecule has 7 heteroatoms. The molecule has 130 valence electrons. The highest BCUT2D eigenvalue weighted by atomic mass is 19.1. The highest BCUT2D eigenvalue weighted by molar-refractivity contribution is 5.86. The van der Waals surface area contributed by atoms with Crippen LogP contribution < -0.4 is 10.1 Å². The van der Waals surface area contributed by atoms with E-state index >= 15 is 0 Å². The Hall–Kier alpha value is -2.54.